The third-order valence-corrected chi connectivity index (χ3v) is 8.05. The Kier molecular flexibility index (Phi) is 16.2. The number of phosphoric acid groups is 1. The van der Waals surface area contributed by atoms with Crippen LogP contribution >= 0.6 is 7.82 Å². The fourth-order valence-electron chi connectivity index (χ4n) is 4.61. The van der Waals surface area contributed by atoms with E-state index in [1.165, 1.54) is 64.5 Å². The topological polar surface area (TPSA) is 160 Å². The minimum Gasteiger partial charge on any atom is -0.387 e. The molecule has 1 unspecified atom stereocenters. The van der Waals surface area contributed by atoms with Crippen LogP contribution in [0.25, 0.3) is 0 Å². The molecule has 11 nitrogen and oxygen atoms in total. The summed E-state index contributed by atoms with van der Waals surface area (Å²) in [5, 5.41) is 20.6. The Labute approximate surface area is 237 Å². The van der Waals surface area contributed by atoms with Gasteiger partial charge in [0.2, 0.25) is 0 Å². The summed E-state index contributed by atoms with van der Waals surface area (Å²) in [6.07, 6.45) is 16.5. The highest BCUT2D eigenvalue weighted by molar-refractivity contribution is 7.47. The predicted octanol–water partition coefficient (Wildman–Crippen LogP) is 4.64. The van der Waals surface area contributed by atoms with Gasteiger partial charge in [-0.05, 0) is 39.0 Å². The maximum Gasteiger partial charge on any atom is 0.472 e. The first-order chi connectivity index (χ1) is 19.2. The van der Waals surface area contributed by atoms with E-state index in [0.29, 0.717) is 6.42 Å². The van der Waals surface area contributed by atoms with Crippen molar-refractivity contribution < 1.29 is 33.5 Å². The van der Waals surface area contributed by atoms with Crippen LogP contribution < -0.4 is 11.2 Å². The molecule has 1 aliphatic heterocycles. The lowest BCUT2D eigenvalue weighted by atomic mass is 10.1. The number of hydrogen-bond acceptors (Lipinski definition) is 8. The van der Waals surface area contributed by atoms with Crippen LogP contribution in [0.4, 0.5) is 0 Å². The number of aliphatic hydroxyl groups excluding tert-OH is 2. The number of H-pyrrole nitrogens is 1. The van der Waals surface area contributed by atoms with Crippen molar-refractivity contribution in [3.63, 3.8) is 0 Å². The number of nitrogens with zero attached hydrogens (tertiary/aromatic N) is 1. The van der Waals surface area contributed by atoms with Crippen LogP contribution in [0.5, 0.6) is 0 Å². The van der Waals surface area contributed by atoms with Crippen molar-refractivity contribution in [1.82, 2.24) is 9.55 Å². The largest absolute Gasteiger partial charge is 0.472 e. The standard InChI is InChI=1S/C28H49N2O9P/c1-3-4-5-6-7-8-9-10-11-12-13-14-15-16-17-18-19-37-40(35,36)38-21-23-24(31)25(32)27(39-23)30-20-22(2)26(33)29-28(30)34/h10-11,20,23-25,27,31-32H,3-9,12-19,21H2,1-2H3,(H,35,36)(H,29,33,34)/b11-10-/t23-,24-,25+,27-/m1/s1. The van der Waals surface area contributed by atoms with Gasteiger partial charge in [0.25, 0.3) is 5.56 Å². The van der Waals surface area contributed by atoms with Crippen LogP contribution in [-0.2, 0) is 18.3 Å². The van der Waals surface area contributed by atoms with Crippen molar-refractivity contribution in [3.8, 4) is 0 Å². The number of aromatic nitrogens is 2. The van der Waals surface area contributed by atoms with Crippen molar-refractivity contribution in [2.24, 2.45) is 0 Å². The van der Waals surface area contributed by atoms with E-state index in [1.54, 1.807) is 0 Å². The number of ether oxygens (including phenoxy) is 1. The van der Waals surface area contributed by atoms with Crippen molar-refractivity contribution in [3.05, 3.63) is 44.8 Å². The van der Waals surface area contributed by atoms with E-state index < -0.39 is 50.2 Å². The summed E-state index contributed by atoms with van der Waals surface area (Å²) >= 11 is 0. The van der Waals surface area contributed by atoms with Crippen LogP contribution in [0, 0.1) is 6.92 Å². The van der Waals surface area contributed by atoms with Crippen LogP contribution in [0.3, 0.4) is 0 Å². The van der Waals surface area contributed by atoms with Crippen LogP contribution in [0.1, 0.15) is 109 Å². The second-order valence-corrected chi connectivity index (χ2v) is 12.0. The number of aliphatic hydroxyl groups is 2. The molecule has 2 heterocycles. The Morgan fingerprint density at radius 1 is 0.925 bits per heavy atom. The van der Waals surface area contributed by atoms with Crippen molar-refractivity contribution >= 4 is 7.82 Å². The van der Waals surface area contributed by atoms with Crippen LogP contribution in [0.15, 0.2) is 27.9 Å². The highest BCUT2D eigenvalue weighted by atomic mass is 31.2. The molecule has 0 saturated carbocycles. The lowest BCUT2D eigenvalue weighted by Crippen LogP contribution is -2.38. The van der Waals surface area contributed by atoms with Gasteiger partial charge in [-0.1, -0.05) is 76.9 Å². The Bertz CT molecular complexity index is 1040. The molecule has 1 fully saturated rings. The molecule has 0 spiro atoms. The van der Waals surface area contributed by atoms with Gasteiger partial charge in [-0.3, -0.25) is 23.4 Å². The van der Waals surface area contributed by atoms with Crippen LogP contribution in [-0.4, -0.2) is 56.2 Å². The average molecular weight is 589 g/mol. The number of phosphoric ester groups is 1. The number of hydrogen-bond donors (Lipinski definition) is 4. The molecule has 1 aliphatic rings. The molecule has 1 aromatic heterocycles. The molecule has 2 rings (SSSR count). The highest BCUT2D eigenvalue weighted by Gasteiger charge is 2.45. The van der Waals surface area contributed by atoms with E-state index in [0.717, 1.165) is 36.7 Å². The summed E-state index contributed by atoms with van der Waals surface area (Å²) < 4.78 is 28.6. The van der Waals surface area contributed by atoms with E-state index in [9.17, 15) is 29.3 Å². The molecule has 5 atom stereocenters. The van der Waals surface area contributed by atoms with Crippen molar-refractivity contribution in [2.45, 2.75) is 128 Å². The first-order valence-electron chi connectivity index (χ1n) is 14.8. The van der Waals surface area contributed by atoms with Crippen LogP contribution in [0.2, 0.25) is 0 Å². The molecule has 12 heteroatoms. The molecule has 1 saturated heterocycles. The van der Waals surface area contributed by atoms with E-state index in [2.05, 4.69) is 24.1 Å². The Morgan fingerprint density at radius 3 is 2.12 bits per heavy atom. The Morgan fingerprint density at radius 2 is 1.50 bits per heavy atom. The second-order valence-electron chi connectivity index (χ2n) is 10.6. The van der Waals surface area contributed by atoms with E-state index in [1.807, 2.05) is 0 Å². The van der Waals surface area contributed by atoms with E-state index in [4.69, 9.17) is 13.8 Å². The molecule has 0 radical (unpaired) electrons. The van der Waals surface area contributed by atoms with Gasteiger partial charge in [0.1, 0.15) is 18.3 Å². The van der Waals surface area contributed by atoms with Gasteiger partial charge in [0.15, 0.2) is 6.23 Å². The maximum absolute atomic E-state index is 12.2. The summed E-state index contributed by atoms with van der Waals surface area (Å²) in [7, 11) is -4.39. The van der Waals surface area contributed by atoms with Gasteiger partial charge < -0.3 is 19.8 Å². The molecule has 0 aromatic carbocycles. The summed E-state index contributed by atoms with van der Waals surface area (Å²) in [5.41, 5.74) is -1.18. The van der Waals surface area contributed by atoms with Gasteiger partial charge in [0.05, 0.1) is 13.2 Å². The van der Waals surface area contributed by atoms with E-state index >= 15 is 0 Å². The SMILES string of the molecule is CCCCCCCC/C=C\CCCCCCCCOP(=O)(O)OC[C@H]1O[C@@H](n2cc(C)c(=O)[nH]c2=O)[C@@H](O)[C@@H]1O. The molecule has 0 aliphatic carbocycles. The number of unbranched alkanes of at least 4 members (excludes halogenated alkanes) is 12. The molecular weight excluding hydrogens is 539 g/mol. The van der Waals surface area contributed by atoms with Crippen molar-refractivity contribution in [2.75, 3.05) is 13.2 Å². The lowest BCUT2D eigenvalue weighted by Gasteiger charge is -2.18. The van der Waals surface area contributed by atoms with Crippen molar-refractivity contribution in [1.29, 1.82) is 0 Å². The van der Waals surface area contributed by atoms with Gasteiger partial charge in [-0.2, -0.15) is 0 Å². The summed E-state index contributed by atoms with van der Waals surface area (Å²) in [4.78, 5) is 35.7. The molecule has 40 heavy (non-hydrogen) atoms. The number of nitrogens with one attached hydrogen (secondary N) is 1. The fraction of sp³-hybridized carbons (Fsp3) is 0.786. The van der Waals surface area contributed by atoms with Gasteiger partial charge >= 0.3 is 13.5 Å². The first kappa shape index (κ1) is 34.6. The molecule has 4 N–H and O–H groups in total. The molecule has 0 amide bonds. The highest BCUT2D eigenvalue weighted by Crippen LogP contribution is 2.44. The second kappa shape index (κ2) is 18.8. The molecular formula is C28H49N2O9P. The minimum absolute atomic E-state index is 0.0559. The zero-order valence-electron chi connectivity index (χ0n) is 24.0. The first-order valence-corrected chi connectivity index (χ1v) is 16.3. The molecule has 230 valence electrons. The minimum atomic E-state index is -4.39. The van der Waals surface area contributed by atoms with Gasteiger partial charge in [-0.15, -0.1) is 0 Å². The average Bonchev–Trinajstić information content (AvgIpc) is 3.20. The Balaban J connectivity index is 1.54. The Hall–Kier alpha value is -1.59. The lowest BCUT2D eigenvalue weighted by molar-refractivity contribution is -0.0553. The molecule has 1 aromatic rings. The zero-order valence-corrected chi connectivity index (χ0v) is 24.9. The van der Waals surface area contributed by atoms with Gasteiger partial charge in [0, 0.05) is 11.8 Å². The predicted molar refractivity (Wildman–Crippen MR) is 153 cm³/mol. The third-order valence-electron chi connectivity index (χ3n) is 7.07. The molecule has 0 bridgehead atoms. The summed E-state index contributed by atoms with van der Waals surface area (Å²) in [6, 6.07) is 0. The monoisotopic (exact) mass is 588 g/mol. The number of allylic oxidation sites excluding steroid dienone is 2. The normalized spacial score (nSPS) is 22.7. The zero-order chi connectivity index (χ0) is 29.4. The van der Waals surface area contributed by atoms with E-state index in [-0.39, 0.29) is 12.2 Å². The maximum atomic E-state index is 12.2. The third kappa shape index (κ3) is 12.5. The number of aromatic amines is 1. The fourth-order valence-corrected chi connectivity index (χ4v) is 5.38. The summed E-state index contributed by atoms with van der Waals surface area (Å²) in [6.45, 7) is 3.24. The smallest absolute Gasteiger partial charge is 0.387 e. The van der Waals surface area contributed by atoms with Gasteiger partial charge in [-0.25, -0.2) is 9.36 Å². The summed E-state index contributed by atoms with van der Waals surface area (Å²) in [5.74, 6) is 0. The quantitative estimate of drug-likeness (QED) is 0.0911. The number of aryl methyl sites for hydroxylation is 1. The number of rotatable bonds is 21.